The number of rotatable bonds is 4. The largest absolute Gasteiger partial charge is 0.496 e. The van der Waals surface area contributed by atoms with Gasteiger partial charge in [-0.2, -0.15) is 0 Å². The summed E-state index contributed by atoms with van der Waals surface area (Å²) >= 11 is 0. The van der Waals surface area contributed by atoms with Crippen LogP contribution in [-0.2, 0) is 11.3 Å². The fourth-order valence-corrected chi connectivity index (χ4v) is 1.35. The van der Waals surface area contributed by atoms with Gasteiger partial charge in [0.25, 0.3) is 0 Å². The molecule has 2 N–H and O–H groups in total. The van der Waals surface area contributed by atoms with Crippen LogP contribution < -0.4 is 10.5 Å². The van der Waals surface area contributed by atoms with E-state index in [-0.39, 0.29) is 6.04 Å². The van der Waals surface area contributed by atoms with Crippen LogP contribution in [0.25, 0.3) is 0 Å². The maximum Gasteiger partial charge on any atom is 0.124 e. The van der Waals surface area contributed by atoms with Crippen LogP contribution in [0.5, 0.6) is 5.75 Å². The van der Waals surface area contributed by atoms with Crippen LogP contribution in [-0.4, -0.2) is 14.2 Å². The first-order chi connectivity index (χ1) is 6.69. The van der Waals surface area contributed by atoms with E-state index in [0.717, 1.165) is 16.9 Å². The lowest BCUT2D eigenvalue weighted by Gasteiger charge is -2.11. The highest BCUT2D eigenvalue weighted by Gasteiger charge is 2.06. The van der Waals surface area contributed by atoms with Gasteiger partial charge in [-0.3, -0.25) is 0 Å². The third-order valence-corrected chi connectivity index (χ3v) is 2.13. The van der Waals surface area contributed by atoms with Crippen LogP contribution in [0.3, 0.4) is 0 Å². The molecule has 0 radical (unpaired) electrons. The highest BCUT2D eigenvalue weighted by molar-refractivity contribution is 5.37. The molecule has 1 aromatic carbocycles. The zero-order valence-electron chi connectivity index (χ0n) is 8.91. The molecule has 1 aromatic rings. The third-order valence-electron chi connectivity index (χ3n) is 2.13. The topological polar surface area (TPSA) is 44.5 Å². The summed E-state index contributed by atoms with van der Waals surface area (Å²) in [6.07, 6.45) is 0. The van der Waals surface area contributed by atoms with Gasteiger partial charge in [0.05, 0.1) is 13.7 Å². The average Bonchev–Trinajstić information content (AvgIpc) is 2.18. The van der Waals surface area contributed by atoms with Gasteiger partial charge < -0.3 is 15.2 Å². The maximum atomic E-state index is 5.79. The van der Waals surface area contributed by atoms with E-state index in [9.17, 15) is 0 Å². The number of methoxy groups -OCH3 is 2. The molecule has 0 heterocycles. The van der Waals surface area contributed by atoms with Crippen molar-refractivity contribution in [1.82, 2.24) is 0 Å². The third kappa shape index (κ3) is 2.47. The van der Waals surface area contributed by atoms with E-state index < -0.39 is 0 Å². The summed E-state index contributed by atoms with van der Waals surface area (Å²) in [6.45, 7) is 2.50. The summed E-state index contributed by atoms with van der Waals surface area (Å²) in [7, 11) is 3.32. The SMILES string of the molecule is COCc1cc([C@@H](C)N)ccc1OC. The molecule has 0 saturated heterocycles. The number of ether oxygens (including phenoxy) is 2. The lowest BCUT2D eigenvalue weighted by Crippen LogP contribution is -2.06. The first-order valence-electron chi connectivity index (χ1n) is 4.60. The Labute approximate surface area is 84.8 Å². The van der Waals surface area contributed by atoms with E-state index in [2.05, 4.69) is 0 Å². The molecule has 1 atom stereocenters. The molecule has 14 heavy (non-hydrogen) atoms. The molecular weight excluding hydrogens is 178 g/mol. The zero-order valence-corrected chi connectivity index (χ0v) is 8.91. The number of benzene rings is 1. The van der Waals surface area contributed by atoms with Crippen LogP contribution in [0.2, 0.25) is 0 Å². The minimum absolute atomic E-state index is 0.0384. The summed E-state index contributed by atoms with van der Waals surface area (Å²) in [6, 6.07) is 5.96. The Hall–Kier alpha value is -1.06. The van der Waals surface area contributed by atoms with Crippen LogP contribution in [0, 0.1) is 0 Å². The van der Waals surface area contributed by atoms with Gasteiger partial charge in [0.2, 0.25) is 0 Å². The molecule has 0 spiro atoms. The highest BCUT2D eigenvalue weighted by Crippen LogP contribution is 2.22. The van der Waals surface area contributed by atoms with Crippen LogP contribution in [0.1, 0.15) is 24.1 Å². The lowest BCUT2D eigenvalue weighted by atomic mass is 10.1. The van der Waals surface area contributed by atoms with Gasteiger partial charge in [-0.05, 0) is 24.6 Å². The summed E-state index contributed by atoms with van der Waals surface area (Å²) in [5, 5.41) is 0. The van der Waals surface area contributed by atoms with Crippen molar-refractivity contribution >= 4 is 0 Å². The Morgan fingerprint density at radius 2 is 2.07 bits per heavy atom. The Bertz CT molecular complexity index is 297. The minimum Gasteiger partial charge on any atom is -0.496 e. The number of hydrogen-bond donors (Lipinski definition) is 1. The molecule has 0 aliphatic heterocycles. The maximum absolute atomic E-state index is 5.79. The Morgan fingerprint density at radius 1 is 1.36 bits per heavy atom. The Morgan fingerprint density at radius 3 is 2.57 bits per heavy atom. The molecule has 0 aliphatic rings. The fraction of sp³-hybridized carbons (Fsp3) is 0.455. The normalized spacial score (nSPS) is 12.6. The van der Waals surface area contributed by atoms with Crippen molar-refractivity contribution in [2.75, 3.05) is 14.2 Å². The average molecular weight is 195 g/mol. The highest BCUT2D eigenvalue weighted by atomic mass is 16.5. The Kier molecular flexibility index (Phi) is 3.92. The second-order valence-electron chi connectivity index (χ2n) is 3.29. The van der Waals surface area contributed by atoms with Crippen LogP contribution >= 0.6 is 0 Å². The van der Waals surface area contributed by atoms with Crippen molar-refractivity contribution in [2.24, 2.45) is 5.73 Å². The van der Waals surface area contributed by atoms with Gasteiger partial charge >= 0.3 is 0 Å². The van der Waals surface area contributed by atoms with Gasteiger partial charge in [-0.25, -0.2) is 0 Å². The monoisotopic (exact) mass is 195 g/mol. The minimum atomic E-state index is 0.0384. The molecule has 3 heteroatoms. The van der Waals surface area contributed by atoms with Crippen molar-refractivity contribution < 1.29 is 9.47 Å². The molecule has 78 valence electrons. The fourth-order valence-electron chi connectivity index (χ4n) is 1.35. The van der Waals surface area contributed by atoms with Crippen LogP contribution in [0.15, 0.2) is 18.2 Å². The van der Waals surface area contributed by atoms with E-state index in [4.69, 9.17) is 15.2 Å². The van der Waals surface area contributed by atoms with E-state index in [0.29, 0.717) is 6.61 Å². The molecule has 0 saturated carbocycles. The van der Waals surface area contributed by atoms with E-state index in [1.54, 1.807) is 14.2 Å². The van der Waals surface area contributed by atoms with Gasteiger partial charge in [0.15, 0.2) is 0 Å². The zero-order chi connectivity index (χ0) is 10.6. The van der Waals surface area contributed by atoms with E-state index in [1.807, 2.05) is 25.1 Å². The molecule has 0 amide bonds. The smallest absolute Gasteiger partial charge is 0.124 e. The van der Waals surface area contributed by atoms with Crippen molar-refractivity contribution in [1.29, 1.82) is 0 Å². The predicted molar refractivity (Wildman–Crippen MR) is 56.3 cm³/mol. The van der Waals surface area contributed by atoms with Crippen molar-refractivity contribution in [3.8, 4) is 5.75 Å². The first-order valence-corrected chi connectivity index (χ1v) is 4.60. The summed E-state index contributed by atoms with van der Waals surface area (Å²) < 4.78 is 10.3. The van der Waals surface area contributed by atoms with E-state index in [1.165, 1.54) is 0 Å². The van der Waals surface area contributed by atoms with Gasteiger partial charge in [0.1, 0.15) is 5.75 Å². The van der Waals surface area contributed by atoms with Crippen molar-refractivity contribution in [3.05, 3.63) is 29.3 Å². The summed E-state index contributed by atoms with van der Waals surface area (Å²) in [5.74, 6) is 0.844. The standard InChI is InChI=1S/C11H17NO2/c1-8(12)9-4-5-11(14-3)10(6-9)7-13-2/h4-6,8H,7,12H2,1-3H3/t8-/m1/s1. The molecule has 0 fully saturated rings. The molecular formula is C11H17NO2. The molecule has 0 bridgehead atoms. The molecule has 0 aromatic heterocycles. The number of nitrogens with two attached hydrogens (primary N) is 1. The second-order valence-corrected chi connectivity index (χ2v) is 3.29. The van der Waals surface area contributed by atoms with Gasteiger partial charge in [-0.15, -0.1) is 0 Å². The van der Waals surface area contributed by atoms with Crippen molar-refractivity contribution in [3.63, 3.8) is 0 Å². The Balaban J connectivity index is 3.01. The summed E-state index contributed by atoms with van der Waals surface area (Å²) in [5.41, 5.74) is 7.92. The van der Waals surface area contributed by atoms with Gasteiger partial charge in [-0.1, -0.05) is 6.07 Å². The molecule has 0 aliphatic carbocycles. The van der Waals surface area contributed by atoms with Gasteiger partial charge in [0, 0.05) is 18.7 Å². The predicted octanol–water partition coefficient (Wildman–Crippen LogP) is 1.86. The molecule has 0 unspecified atom stereocenters. The van der Waals surface area contributed by atoms with Crippen molar-refractivity contribution in [2.45, 2.75) is 19.6 Å². The lowest BCUT2D eigenvalue weighted by molar-refractivity contribution is 0.181. The molecule has 3 nitrogen and oxygen atoms in total. The number of hydrogen-bond acceptors (Lipinski definition) is 3. The first kappa shape index (κ1) is 11.0. The van der Waals surface area contributed by atoms with E-state index >= 15 is 0 Å². The molecule has 1 rings (SSSR count). The van der Waals surface area contributed by atoms with Crippen LogP contribution in [0.4, 0.5) is 0 Å². The second kappa shape index (κ2) is 4.98. The quantitative estimate of drug-likeness (QED) is 0.797. The summed E-state index contributed by atoms with van der Waals surface area (Å²) in [4.78, 5) is 0.